The lowest BCUT2D eigenvalue weighted by atomic mass is 9.97. The van der Waals surface area contributed by atoms with Crippen LogP contribution in [0.4, 0.5) is 5.69 Å². The summed E-state index contributed by atoms with van der Waals surface area (Å²) in [6.07, 6.45) is 0.692. The van der Waals surface area contributed by atoms with E-state index in [1.165, 1.54) is 5.56 Å². The number of hydrogen-bond donors (Lipinski definition) is 1. The average molecular weight is 479 g/mol. The third kappa shape index (κ3) is 4.97. The van der Waals surface area contributed by atoms with Crippen LogP contribution >= 0.6 is 15.9 Å². The molecule has 0 spiro atoms. The number of amides is 2. The second-order valence-corrected chi connectivity index (χ2v) is 8.44. The van der Waals surface area contributed by atoms with Crippen LogP contribution in [0.5, 0.6) is 5.75 Å². The molecule has 1 aliphatic rings. The molecule has 0 unspecified atom stereocenters. The Balaban J connectivity index is 1.42. The van der Waals surface area contributed by atoms with E-state index >= 15 is 0 Å². The summed E-state index contributed by atoms with van der Waals surface area (Å²) in [6, 6.07) is 20.9. The summed E-state index contributed by atoms with van der Waals surface area (Å²) in [4.78, 5) is 27.2. The minimum absolute atomic E-state index is 0.00531. The van der Waals surface area contributed by atoms with E-state index in [0.717, 1.165) is 15.6 Å². The SMILES string of the molecule is Cc1ccccc1CN1CCc2c(OCC(=O)Nc3ccc(Br)cc3)cccc2C1=O. The topological polar surface area (TPSA) is 58.6 Å². The van der Waals surface area contributed by atoms with Crippen molar-refractivity contribution in [1.29, 1.82) is 0 Å². The standard InChI is InChI=1S/C25H23BrN2O3/c1-17-5-2-3-6-18(17)15-28-14-13-21-22(25(28)30)7-4-8-23(21)31-16-24(29)27-20-11-9-19(26)10-12-20/h2-12H,13-16H2,1H3,(H,27,29). The van der Waals surface area contributed by atoms with Crippen molar-refractivity contribution < 1.29 is 14.3 Å². The van der Waals surface area contributed by atoms with Gasteiger partial charge in [-0.15, -0.1) is 0 Å². The molecule has 0 atom stereocenters. The van der Waals surface area contributed by atoms with Crippen LogP contribution < -0.4 is 10.1 Å². The van der Waals surface area contributed by atoms with Crippen molar-refractivity contribution in [2.45, 2.75) is 19.9 Å². The monoisotopic (exact) mass is 478 g/mol. The van der Waals surface area contributed by atoms with Crippen molar-refractivity contribution in [3.8, 4) is 5.75 Å². The zero-order valence-corrected chi connectivity index (χ0v) is 18.8. The predicted molar refractivity (Wildman–Crippen MR) is 124 cm³/mol. The summed E-state index contributed by atoms with van der Waals surface area (Å²) in [5, 5.41) is 2.81. The van der Waals surface area contributed by atoms with Gasteiger partial charge >= 0.3 is 0 Å². The Morgan fingerprint density at radius 2 is 1.84 bits per heavy atom. The first-order valence-corrected chi connectivity index (χ1v) is 10.9. The van der Waals surface area contributed by atoms with Gasteiger partial charge in [-0.25, -0.2) is 0 Å². The number of hydrogen-bond acceptors (Lipinski definition) is 3. The van der Waals surface area contributed by atoms with Crippen molar-refractivity contribution in [2.24, 2.45) is 0 Å². The molecule has 4 rings (SSSR count). The smallest absolute Gasteiger partial charge is 0.262 e. The molecule has 31 heavy (non-hydrogen) atoms. The summed E-state index contributed by atoms with van der Waals surface area (Å²) in [5.41, 5.74) is 4.54. The van der Waals surface area contributed by atoms with E-state index in [-0.39, 0.29) is 18.4 Å². The molecule has 1 heterocycles. The van der Waals surface area contributed by atoms with E-state index in [0.29, 0.717) is 36.5 Å². The van der Waals surface area contributed by atoms with Crippen LogP contribution in [0.25, 0.3) is 0 Å². The van der Waals surface area contributed by atoms with Gasteiger partial charge in [-0.3, -0.25) is 9.59 Å². The maximum atomic E-state index is 13.1. The van der Waals surface area contributed by atoms with Crippen LogP contribution in [0.15, 0.2) is 71.2 Å². The Bertz CT molecular complexity index is 1110. The summed E-state index contributed by atoms with van der Waals surface area (Å²) in [6.45, 7) is 3.15. The third-order valence-corrected chi connectivity index (χ3v) is 5.92. The van der Waals surface area contributed by atoms with Gasteiger partial charge in [-0.1, -0.05) is 46.3 Å². The van der Waals surface area contributed by atoms with Crippen LogP contribution in [0, 0.1) is 6.92 Å². The number of fused-ring (bicyclic) bond motifs is 1. The van der Waals surface area contributed by atoms with Crippen LogP contribution in [0.3, 0.4) is 0 Å². The molecule has 3 aromatic carbocycles. The second-order valence-electron chi connectivity index (χ2n) is 7.53. The number of carbonyl (C=O) groups excluding carboxylic acids is 2. The Morgan fingerprint density at radius 3 is 2.61 bits per heavy atom. The maximum absolute atomic E-state index is 13.1. The first kappa shape index (κ1) is 21.1. The molecule has 3 aromatic rings. The predicted octanol–water partition coefficient (Wildman–Crippen LogP) is 4.97. The van der Waals surface area contributed by atoms with Gasteiger partial charge in [-0.2, -0.15) is 0 Å². The fourth-order valence-corrected chi connectivity index (χ4v) is 3.96. The van der Waals surface area contributed by atoms with E-state index in [1.54, 1.807) is 6.07 Å². The van der Waals surface area contributed by atoms with Crippen molar-refractivity contribution in [3.05, 3.63) is 93.5 Å². The molecule has 0 radical (unpaired) electrons. The molecule has 0 fully saturated rings. The van der Waals surface area contributed by atoms with E-state index in [1.807, 2.05) is 53.4 Å². The molecular formula is C25H23BrN2O3. The molecule has 1 aliphatic heterocycles. The van der Waals surface area contributed by atoms with Crippen molar-refractivity contribution in [1.82, 2.24) is 4.90 Å². The molecule has 158 valence electrons. The Hall–Kier alpha value is -3.12. The lowest BCUT2D eigenvalue weighted by Crippen LogP contribution is -2.37. The number of aryl methyl sites for hydroxylation is 1. The number of anilines is 1. The quantitative estimate of drug-likeness (QED) is 0.543. The molecular weight excluding hydrogens is 456 g/mol. The van der Waals surface area contributed by atoms with Gasteiger partial charge in [0.05, 0.1) is 0 Å². The van der Waals surface area contributed by atoms with Gasteiger partial charge in [-0.05, 0) is 60.9 Å². The number of halogens is 1. The average Bonchev–Trinajstić information content (AvgIpc) is 2.77. The van der Waals surface area contributed by atoms with Gasteiger partial charge in [0, 0.05) is 34.4 Å². The first-order valence-electron chi connectivity index (χ1n) is 10.1. The lowest BCUT2D eigenvalue weighted by Gasteiger charge is -2.30. The van der Waals surface area contributed by atoms with Crippen molar-refractivity contribution >= 4 is 33.4 Å². The maximum Gasteiger partial charge on any atom is 0.262 e. The summed E-state index contributed by atoms with van der Waals surface area (Å²) >= 11 is 3.37. The van der Waals surface area contributed by atoms with E-state index < -0.39 is 0 Å². The second kappa shape index (κ2) is 9.35. The fraction of sp³-hybridized carbons (Fsp3) is 0.200. The summed E-state index contributed by atoms with van der Waals surface area (Å²) in [5.74, 6) is 0.338. The van der Waals surface area contributed by atoms with Crippen LogP contribution in [-0.2, 0) is 17.8 Å². The Labute approximate surface area is 190 Å². The van der Waals surface area contributed by atoms with Gasteiger partial charge in [0.2, 0.25) is 0 Å². The van der Waals surface area contributed by atoms with Crippen LogP contribution in [0.1, 0.15) is 27.0 Å². The molecule has 0 saturated carbocycles. The number of carbonyl (C=O) groups is 2. The molecule has 0 saturated heterocycles. The molecule has 5 nitrogen and oxygen atoms in total. The van der Waals surface area contributed by atoms with Crippen LogP contribution in [0.2, 0.25) is 0 Å². The highest BCUT2D eigenvalue weighted by Gasteiger charge is 2.27. The number of ether oxygens (including phenoxy) is 1. The molecule has 0 aliphatic carbocycles. The zero-order valence-electron chi connectivity index (χ0n) is 17.2. The van der Waals surface area contributed by atoms with E-state index in [9.17, 15) is 9.59 Å². The molecule has 6 heteroatoms. The first-order chi connectivity index (χ1) is 15.0. The summed E-state index contributed by atoms with van der Waals surface area (Å²) < 4.78 is 6.73. The van der Waals surface area contributed by atoms with E-state index in [4.69, 9.17) is 4.74 Å². The molecule has 0 aromatic heterocycles. The number of nitrogens with zero attached hydrogens (tertiary/aromatic N) is 1. The van der Waals surface area contributed by atoms with Gasteiger partial charge < -0.3 is 15.0 Å². The minimum Gasteiger partial charge on any atom is -0.483 e. The highest BCUT2D eigenvalue weighted by molar-refractivity contribution is 9.10. The normalized spacial score (nSPS) is 13.0. The highest BCUT2D eigenvalue weighted by Crippen LogP contribution is 2.29. The Morgan fingerprint density at radius 1 is 1.06 bits per heavy atom. The number of benzene rings is 3. The molecule has 0 bridgehead atoms. The fourth-order valence-electron chi connectivity index (χ4n) is 3.70. The van der Waals surface area contributed by atoms with E-state index in [2.05, 4.69) is 40.3 Å². The number of nitrogens with one attached hydrogen (secondary N) is 1. The van der Waals surface area contributed by atoms with Crippen LogP contribution in [-0.4, -0.2) is 29.9 Å². The summed E-state index contributed by atoms with van der Waals surface area (Å²) in [7, 11) is 0. The van der Waals surface area contributed by atoms with Gasteiger partial charge in [0.1, 0.15) is 5.75 Å². The molecule has 1 N–H and O–H groups in total. The zero-order chi connectivity index (χ0) is 21.8. The number of rotatable bonds is 6. The van der Waals surface area contributed by atoms with Gasteiger partial charge in [0.25, 0.3) is 11.8 Å². The van der Waals surface area contributed by atoms with Gasteiger partial charge in [0.15, 0.2) is 6.61 Å². The minimum atomic E-state index is -0.247. The third-order valence-electron chi connectivity index (χ3n) is 5.39. The van der Waals surface area contributed by atoms with Crippen molar-refractivity contribution in [3.63, 3.8) is 0 Å². The van der Waals surface area contributed by atoms with Crippen molar-refractivity contribution in [2.75, 3.05) is 18.5 Å². The largest absolute Gasteiger partial charge is 0.483 e. The lowest BCUT2D eigenvalue weighted by molar-refractivity contribution is -0.118. The molecule has 2 amide bonds. The Kier molecular flexibility index (Phi) is 6.37. The highest BCUT2D eigenvalue weighted by atomic mass is 79.9.